The number of primary amides is 1. The average Bonchev–Trinajstić information content (AvgIpc) is 2.60. The first kappa shape index (κ1) is 15.4. The summed E-state index contributed by atoms with van der Waals surface area (Å²) in [5.74, 6) is -0.225. The van der Waals surface area contributed by atoms with Crippen molar-refractivity contribution < 1.29 is 4.79 Å². The zero-order chi connectivity index (χ0) is 13.5. The van der Waals surface area contributed by atoms with Gasteiger partial charge in [-0.2, -0.15) is 0 Å². The smallest absolute Gasteiger partial charge is 0.234 e. The summed E-state index contributed by atoms with van der Waals surface area (Å²) in [6, 6.07) is 0.429. The Morgan fingerprint density at radius 1 is 1.22 bits per heavy atom. The third kappa shape index (κ3) is 4.23. The maximum Gasteiger partial charge on any atom is 0.234 e. The molecule has 0 bridgehead atoms. The number of amides is 1. The maximum absolute atomic E-state index is 11.2. The van der Waals surface area contributed by atoms with Crippen LogP contribution in [0.5, 0.6) is 0 Å². The number of rotatable bonds is 6. The Balaban J connectivity index is 2.52. The number of hydrogen-bond acceptors (Lipinski definition) is 4. The fourth-order valence-electron chi connectivity index (χ4n) is 2.73. The highest BCUT2D eigenvalue weighted by molar-refractivity contribution is 5.79. The predicted molar refractivity (Wildman–Crippen MR) is 74.2 cm³/mol. The Labute approximate surface area is 110 Å². The van der Waals surface area contributed by atoms with Crippen molar-refractivity contribution in [1.82, 2.24) is 9.80 Å². The van der Waals surface area contributed by atoms with E-state index < -0.39 is 0 Å². The van der Waals surface area contributed by atoms with Crippen molar-refractivity contribution in [1.29, 1.82) is 0 Å². The molecular formula is C13H28N4O. The lowest BCUT2D eigenvalue weighted by Gasteiger charge is -2.30. The number of carbonyl (C=O) groups excluding carboxylic acids is 1. The van der Waals surface area contributed by atoms with Crippen LogP contribution in [-0.2, 0) is 4.79 Å². The normalized spacial score (nSPS) is 22.4. The number of hydrogen-bond donors (Lipinski definition) is 2. The molecule has 1 amide bonds. The van der Waals surface area contributed by atoms with Gasteiger partial charge in [0, 0.05) is 25.7 Å². The van der Waals surface area contributed by atoms with Gasteiger partial charge in [-0.25, -0.2) is 0 Å². The summed E-state index contributed by atoms with van der Waals surface area (Å²) in [4.78, 5) is 15.9. The van der Waals surface area contributed by atoms with E-state index in [0.717, 1.165) is 52.0 Å². The zero-order valence-corrected chi connectivity index (χ0v) is 11.8. The van der Waals surface area contributed by atoms with E-state index in [1.807, 2.05) is 6.92 Å². The fourth-order valence-corrected chi connectivity index (χ4v) is 2.73. The van der Waals surface area contributed by atoms with Crippen molar-refractivity contribution >= 4 is 5.91 Å². The van der Waals surface area contributed by atoms with Gasteiger partial charge in [-0.15, -0.1) is 0 Å². The molecule has 1 rings (SSSR count). The molecule has 1 heterocycles. The van der Waals surface area contributed by atoms with Crippen molar-refractivity contribution in [2.45, 2.75) is 45.2 Å². The largest absolute Gasteiger partial charge is 0.368 e. The van der Waals surface area contributed by atoms with Gasteiger partial charge in [-0.05, 0) is 39.3 Å². The van der Waals surface area contributed by atoms with Gasteiger partial charge < -0.3 is 11.5 Å². The first-order valence-electron chi connectivity index (χ1n) is 7.07. The van der Waals surface area contributed by atoms with E-state index in [4.69, 9.17) is 11.5 Å². The van der Waals surface area contributed by atoms with Gasteiger partial charge >= 0.3 is 0 Å². The lowest BCUT2D eigenvalue weighted by Crippen LogP contribution is -2.45. The fraction of sp³-hybridized carbons (Fsp3) is 0.923. The molecule has 0 aromatic rings. The van der Waals surface area contributed by atoms with E-state index in [9.17, 15) is 4.79 Å². The first-order chi connectivity index (χ1) is 8.60. The molecule has 0 aliphatic carbocycles. The second kappa shape index (κ2) is 7.71. The quantitative estimate of drug-likeness (QED) is 0.701. The maximum atomic E-state index is 11.2. The van der Waals surface area contributed by atoms with Crippen molar-refractivity contribution in [2.75, 3.05) is 32.7 Å². The number of nitrogens with two attached hydrogens (primary N) is 2. The molecule has 0 radical (unpaired) electrons. The molecule has 5 nitrogen and oxygen atoms in total. The topological polar surface area (TPSA) is 75.6 Å². The van der Waals surface area contributed by atoms with E-state index >= 15 is 0 Å². The SMILES string of the molecule is CCC(CCN)N1CCCN(C(C)C(N)=O)CC1. The molecule has 2 unspecified atom stereocenters. The molecular weight excluding hydrogens is 228 g/mol. The standard InChI is InChI=1S/C13H28N4O/c1-3-12(5-6-14)17-8-4-7-16(9-10-17)11(2)13(15)18/h11-12H,3-10,14H2,1-2H3,(H2,15,18). The third-order valence-corrected chi connectivity index (χ3v) is 4.01. The summed E-state index contributed by atoms with van der Waals surface area (Å²) >= 11 is 0. The molecule has 18 heavy (non-hydrogen) atoms. The summed E-state index contributed by atoms with van der Waals surface area (Å²) < 4.78 is 0. The van der Waals surface area contributed by atoms with E-state index in [-0.39, 0.29) is 11.9 Å². The van der Waals surface area contributed by atoms with Crippen LogP contribution in [0.1, 0.15) is 33.1 Å². The summed E-state index contributed by atoms with van der Waals surface area (Å²) in [6.45, 7) is 8.85. The Bertz CT molecular complexity index is 259. The van der Waals surface area contributed by atoms with E-state index in [1.54, 1.807) is 0 Å². The molecule has 1 aliphatic heterocycles. The van der Waals surface area contributed by atoms with Crippen LogP contribution in [0.3, 0.4) is 0 Å². The Kier molecular flexibility index (Phi) is 6.60. The molecule has 106 valence electrons. The monoisotopic (exact) mass is 256 g/mol. The van der Waals surface area contributed by atoms with Crippen molar-refractivity contribution in [3.63, 3.8) is 0 Å². The predicted octanol–water partition coefficient (Wildman–Crippen LogP) is -0.00470. The molecule has 1 saturated heterocycles. The molecule has 1 aliphatic rings. The number of nitrogens with zero attached hydrogens (tertiary/aromatic N) is 2. The van der Waals surface area contributed by atoms with Crippen molar-refractivity contribution in [3.8, 4) is 0 Å². The summed E-state index contributed by atoms with van der Waals surface area (Å²) in [5, 5.41) is 0. The Morgan fingerprint density at radius 2 is 1.83 bits per heavy atom. The van der Waals surface area contributed by atoms with Crippen LogP contribution in [0.2, 0.25) is 0 Å². The Hall–Kier alpha value is -0.650. The third-order valence-electron chi connectivity index (χ3n) is 4.01. The van der Waals surface area contributed by atoms with Gasteiger partial charge in [0.15, 0.2) is 0 Å². The summed E-state index contributed by atoms with van der Waals surface area (Å²) in [5.41, 5.74) is 11.0. The van der Waals surface area contributed by atoms with Gasteiger partial charge in [-0.1, -0.05) is 6.92 Å². The molecule has 0 saturated carbocycles. The van der Waals surface area contributed by atoms with Crippen LogP contribution in [0, 0.1) is 0 Å². The van der Waals surface area contributed by atoms with Crippen LogP contribution >= 0.6 is 0 Å². The van der Waals surface area contributed by atoms with E-state index in [2.05, 4.69) is 16.7 Å². The summed E-state index contributed by atoms with van der Waals surface area (Å²) in [7, 11) is 0. The van der Waals surface area contributed by atoms with Crippen LogP contribution in [-0.4, -0.2) is 60.5 Å². The second-order valence-electron chi connectivity index (χ2n) is 5.14. The molecule has 4 N–H and O–H groups in total. The average molecular weight is 256 g/mol. The van der Waals surface area contributed by atoms with Crippen LogP contribution in [0.25, 0.3) is 0 Å². The van der Waals surface area contributed by atoms with E-state index in [0.29, 0.717) is 6.04 Å². The van der Waals surface area contributed by atoms with Crippen LogP contribution < -0.4 is 11.5 Å². The Morgan fingerprint density at radius 3 is 2.39 bits per heavy atom. The molecule has 1 fully saturated rings. The van der Waals surface area contributed by atoms with Crippen molar-refractivity contribution in [3.05, 3.63) is 0 Å². The van der Waals surface area contributed by atoms with Gasteiger partial charge in [0.1, 0.15) is 0 Å². The molecule has 0 aromatic carbocycles. The molecule has 2 atom stereocenters. The minimum atomic E-state index is -0.225. The van der Waals surface area contributed by atoms with E-state index in [1.165, 1.54) is 0 Å². The number of carbonyl (C=O) groups is 1. The second-order valence-corrected chi connectivity index (χ2v) is 5.14. The highest BCUT2D eigenvalue weighted by Crippen LogP contribution is 2.13. The zero-order valence-electron chi connectivity index (χ0n) is 11.8. The van der Waals surface area contributed by atoms with Gasteiger partial charge in [0.2, 0.25) is 5.91 Å². The van der Waals surface area contributed by atoms with Gasteiger partial charge in [-0.3, -0.25) is 14.6 Å². The lowest BCUT2D eigenvalue weighted by atomic mass is 10.1. The van der Waals surface area contributed by atoms with Gasteiger partial charge in [0.25, 0.3) is 0 Å². The molecule has 5 heteroatoms. The summed E-state index contributed by atoms with van der Waals surface area (Å²) in [6.07, 6.45) is 3.29. The minimum absolute atomic E-state index is 0.153. The molecule has 0 spiro atoms. The highest BCUT2D eigenvalue weighted by atomic mass is 16.1. The highest BCUT2D eigenvalue weighted by Gasteiger charge is 2.24. The van der Waals surface area contributed by atoms with Gasteiger partial charge in [0.05, 0.1) is 6.04 Å². The first-order valence-corrected chi connectivity index (χ1v) is 7.07. The minimum Gasteiger partial charge on any atom is -0.368 e. The van der Waals surface area contributed by atoms with Crippen LogP contribution in [0.15, 0.2) is 0 Å². The van der Waals surface area contributed by atoms with Crippen LogP contribution in [0.4, 0.5) is 0 Å². The lowest BCUT2D eigenvalue weighted by molar-refractivity contribution is -0.122. The molecule has 0 aromatic heterocycles. The van der Waals surface area contributed by atoms with Crippen molar-refractivity contribution in [2.24, 2.45) is 11.5 Å².